The number of aromatic nitrogens is 2. The fraction of sp³-hybridized carbons (Fsp3) is 0.167. The van der Waals surface area contributed by atoms with E-state index in [2.05, 4.69) is 9.97 Å². The van der Waals surface area contributed by atoms with Gasteiger partial charge in [0.05, 0.1) is 0 Å². The van der Waals surface area contributed by atoms with Gasteiger partial charge in [-0.15, -0.1) is 0 Å². The van der Waals surface area contributed by atoms with E-state index in [-0.39, 0.29) is 11.8 Å². The number of hydrogen-bond donors (Lipinski definition) is 2. The van der Waals surface area contributed by atoms with E-state index in [0.717, 1.165) is 0 Å². The highest BCUT2D eigenvalue weighted by Crippen LogP contribution is 1.92. The van der Waals surface area contributed by atoms with Crippen LogP contribution in [0.4, 0.5) is 0 Å². The quantitative estimate of drug-likeness (QED) is 0.620. The van der Waals surface area contributed by atoms with Gasteiger partial charge < -0.3 is 11.3 Å². The van der Waals surface area contributed by atoms with Crippen molar-refractivity contribution in [3.8, 4) is 0 Å². The average Bonchev–Trinajstić information content (AvgIpc) is 1.88. The maximum absolute atomic E-state index is 10.3. The van der Waals surface area contributed by atoms with Crippen LogP contribution < -0.4 is 6.15 Å². The van der Waals surface area contributed by atoms with Gasteiger partial charge in [-0.3, -0.25) is 0 Å². The van der Waals surface area contributed by atoms with Crippen LogP contribution in [0.1, 0.15) is 16.3 Å². The molecule has 1 aromatic rings. The molecule has 0 aliphatic carbocycles. The predicted molar refractivity (Wildman–Crippen MR) is 38.8 cm³/mol. The van der Waals surface area contributed by atoms with Gasteiger partial charge >= 0.3 is 5.97 Å². The van der Waals surface area contributed by atoms with E-state index in [4.69, 9.17) is 5.11 Å². The molecule has 0 amide bonds. The lowest BCUT2D eigenvalue weighted by molar-refractivity contribution is 0.0690. The third kappa shape index (κ3) is 2.30. The molecule has 0 bridgehead atoms. The second kappa shape index (κ2) is 3.62. The Morgan fingerprint density at radius 1 is 1.64 bits per heavy atom. The minimum Gasteiger partial charge on any atom is -0.477 e. The minimum atomic E-state index is -1.02. The Labute approximate surface area is 63.7 Å². The molecule has 0 saturated carbocycles. The van der Waals surface area contributed by atoms with Crippen LogP contribution in [0.2, 0.25) is 0 Å². The van der Waals surface area contributed by atoms with Crippen LogP contribution in [0.3, 0.4) is 0 Å². The van der Waals surface area contributed by atoms with Gasteiger partial charge in [0, 0.05) is 6.20 Å². The second-order valence-electron chi connectivity index (χ2n) is 1.79. The molecule has 0 aromatic carbocycles. The summed E-state index contributed by atoms with van der Waals surface area (Å²) in [5.41, 5.74) is 0.0347. The van der Waals surface area contributed by atoms with Gasteiger partial charge in [-0.1, -0.05) is 0 Å². The van der Waals surface area contributed by atoms with E-state index >= 15 is 0 Å². The normalized spacial score (nSPS) is 8.45. The molecular formula is C6H9N3O2. The fourth-order valence-corrected chi connectivity index (χ4v) is 0.575. The standard InChI is InChI=1S/C6H6N2O2.H3N/c1-4-7-3-2-5(8-4)6(9)10;/h2-3H,1H3,(H,9,10);1H3. The van der Waals surface area contributed by atoms with Gasteiger partial charge in [-0.25, -0.2) is 14.8 Å². The van der Waals surface area contributed by atoms with Gasteiger partial charge in [0.25, 0.3) is 0 Å². The molecule has 5 heteroatoms. The van der Waals surface area contributed by atoms with E-state index in [0.29, 0.717) is 5.82 Å². The fourth-order valence-electron chi connectivity index (χ4n) is 0.575. The molecule has 1 aromatic heterocycles. The van der Waals surface area contributed by atoms with Crippen molar-refractivity contribution < 1.29 is 9.90 Å². The lowest BCUT2D eigenvalue weighted by Crippen LogP contribution is -2.01. The maximum atomic E-state index is 10.3. The van der Waals surface area contributed by atoms with Gasteiger partial charge in [-0.2, -0.15) is 0 Å². The highest BCUT2D eigenvalue weighted by Gasteiger charge is 2.02. The minimum absolute atomic E-state index is 0. The highest BCUT2D eigenvalue weighted by molar-refractivity contribution is 5.85. The Balaban J connectivity index is 0.000001000. The van der Waals surface area contributed by atoms with Gasteiger partial charge in [0.2, 0.25) is 0 Å². The van der Waals surface area contributed by atoms with Gasteiger partial charge in [0.15, 0.2) is 5.69 Å². The maximum Gasteiger partial charge on any atom is 0.354 e. The number of carboxylic acids is 1. The number of hydrogen-bond acceptors (Lipinski definition) is 4. The number of aryl methyl sites for hydroxylation is 1. The molecule has 4 N–H and O–H groups in total. The van der Waals surface area contributed by atoms with Crippen molar-refractivity contribution >= 4 is 5.97 Å². The van der Waals surface area contributed by atoms with E-state index in [1.807, 2.05) is 0 Å². The SMILES string of the molecule is Cc1nccc(C(=O)O)n1.N. The third-order valence-electron chi connectivity index (χ3n) is 0.995. The first-order valence-electron chi connectivity index (χ1n) is 2.73. The van der Waals surface area contributed by atoms with Crippen molar-refractivity contribution in [2.45, 2.75) is 6.92 Å². The summed E-state index contributed by atoms with van der Waals surface area (Å²) < 4.78 is 0. The Hall–Kier alpha value is -1.49. The van der Waals surface area contributed by atoms with Crippen molar-refractivity contribution in [2.24, 2.45) is 0 Å². The first kappa shape index (κ1) is 9.51. The van der Waals surface area contributed by atoms with E-state index in [1.54, 1.807) is 6.92 Å². The average molecular weight is 155 g/mol. The number of aromatic carboxylic acids is 1. The summed E-state index contributed by atoms with van der Waals surface area (Å²) in [4.78, 5) is 17.7. The van der Waals surface area contributed by atoms with Gasteiger partial charge in [-0.05, 0) is 13.0 Å². The summed E-state index contributed by atoms with van der Waals surface area (Å²) in [7, 11) is 0. The molecule has 0 atom stereocenters. The summed E-state index contributed by atoms with van der Waals surface area (Å²) in [5, 5.41) is 8.42. The number of nitrogens with zero attached hydrogens (tertiary/aromatic N) is 2. The summed E-state index contributed by atoms with van der Waals surface area (Å²) >= 11 is 0. The first-order valence-corrected chi connectivity index (χ1v) is 2.73. The molecule has 5 nitrogen and oxygen atoms in total. The Morgan fingerprint density at radius 3 is 2.64 bits per heavy atom. The lowest BCUT2D eigenvalue weighted by Gasteiger charge is -1.92. The van der Waals surface area contributed by atoms with Crippen LogP contribution in [0.15, 0.2) is 12.3 Å². The molecule has 1 rings (SSSR count). The van der Waals surface area contributed by atoms with E-state index in [9.17, 15) is 4.79 Å². The third-order valence-corrected chi connectivity index (χ3v) is 0.995. The van der Waals surface area contributed by atoms with Crippen LogP contribution in [0.5, 0.6) is 0 Å². The molecule has 0 radical (unpaired) electrons. The molecule has 0 aliphatic rings. The summed E-state index contributed by atoms with van der Waals surface area (Å²) in [5.74, 6) is -0.551. The van der Waals surface area contributed by atoms with E-state index in [1.165, 1.54) is 12.3 Å². The molecule has 0 saturated heterocycles. The Kier molecular flexibility index (Phi) is 3.13. The Morgan fingerprint density at radius 2 is 2.27 bits per heavy atom. The van der Waals surface area contributed by atoms with E-state index < -0.39 is 5.97 Å². The molecule has 0 fully saturated rings. The molecular weight excluding hydrogens is 146 g/mol. The smallest absolute Gasteiger partial charge is 0.354 e. The summed E-state index contributed by atoms with van der Waals surface area (Å²) in [6.45, 7) is 1.65. The van der Waals surface area contributed by atoms with Gasteiger partial charge in [0.1, 0.15) is 5.82 Å². The zero-order chi connectivity index (χ0) is 7.56. The number of rotatable bonds is 1. The molecule has 0 spiro atoms. The Bertz CT molecular complexity index is 262. The second-order valence-corrected chi connectivity index (χ2v) is 1.79. The topological polar surface area (TPSA) is 98.1 Å². The molecule has 11 heavy (non-hydrogen) atoms. The number of carbonyl (C=O) groups is 1. The lowest BCUT2D eigenvalue weighted by atomic mass is 10.4. The first-order chi connectivity index (χ1) is 4.70. The zero-order valence-corrected chi connectivity index (χ0v) is 6.11. The largest absolute Gasteiger partial charge is 0.477 e. The van der Waals surface area contributed by atoms with Crippen molar-refractivity contribution in [1.29, 1.82) is 0 Å². The molecule has 0 unspecified atom stereocenters. The van der Waals surface area contributed by atoms with Crippen molar-refractivity contribution in [1.82, 2.24) is 16.1 Å². The van der Waals surface area contributed by atoms with Crippen LogP contribution >= 0.6 is 0 Å². The monoisotopic (exact) mass is 155 g/mol. The zero-order valence-electron chi connectivity index (χ0n) is 6.11. The highest BCUT2D eigenvalue weighted by atomic mass is 16.4. The van der Waals surface area contributed by atoms with Crippen LogP contribution in [0.25, 0.3) is 0 Å². The summed E-state index contributed by atoms with van der Waals surface area (Å²) in [6, 6.07) is 1.36. The van der Waals surface area contributed by atoms with Crippen LogP contribution in [-0.2, 0) is 0 Å². The molecule has 0 aliphatic heterocycles. The summed E-state index contributed by atoms with van der Waals surface area (Å²) in [6.07, 6.45) is 1.42. The van der Waals surface area contributed by atoms with Crippen LogP contribution in [-0.4, -0.2) is 21.0 Å². The molecule has 60 valence electrons. The molecule has 1 heterocycles. The van der Waals surface area contributed by atoms with Crippen molar-refractivity contribution in [3.05, 3.63) is 23.8 Å². The van der Waals surface area contributed by atoms with Crippen molar-refractivity contribution in [2.75, 3.05) is 0 Å². The predicted octanol–water partition coefficient (Wildman–Crippen LogP) is 0.645. The van der Waals surface area contributed by atoms with Crippen LogP contribution in [0, 0.1) is 6.92 Å². The van der Waals surface area contributed by atoms with Crippen molar-refractivity contribution in [3.63, 3.8) is 0 Å². The number of carboxylic acid groups (broad SMARTS) is 1.